The van der Waals surface area contributed by atoms with Crippen molar-refractivity contribution in [3.8, 4) is 23.8 Å². The van der Waals surface area contributed by atoms with Crippen LogP contribution in [0.25, 0.3) is 0 Å². The van der Waals surface area contributed by atoms with Crippen LogP contribution in [0.2, 0.25) is 0 Å². The lowest BCUT2D eigenvalue weighted by atomic mass is 10.1. The Labute approximate surface area is 95.1 Å². The van der Waals surface area contributed by atoms with Crippen molar-refractivity contribution in [3.63, 3.8) is 0 Å². The summed E-state index contributed by atoms with van der Waals surface area (Å²) in [4.78, 5) is 11.3. The third-order valence-corrected chi connectivity index (χ3v) is 2.03. The number of Topliss-reactive ketones (excluding diaryl/α,β-unsaturated/α-hetero) is 1. The van der Waals surface area contributed by atoms with Crippen molar-refractivity contribution in [2.45, 2.75) is 26.9 Å². The smallest absolute Gasteiger partial charge is 0.239 e. The van der Waals surface area contributed by atoms with E-state index in [9.17, 15) is 9.90 Å². The summed E-state index contributed by atoms with van der Waals surface area (Å²) >= 11 is 0. The molecule has 0 atom stereocenters. The summed E-state index contributed by atoms with van der Waals surface area (Å²) in [6.07, 6.45) is 5.01. The highest BCUT2D eigenvalue weighted by Gasteiger charge is 2.13. The van der Waals surface area contributed by atoms with Crippen molar-refractivity contribution in [1.29, 1.82) is 0 Å². The summed E-state index contributed by atoms with van der Waals surface area (Å²) in [7, 11) is 0. The number of hydrogen-bond donors (Lipinski definition) is 1. The van der Waals surface area contributed by atoms with E-state index in [0.29, 0.717) is 5.75 Å². The molecule has 0 spiro atoms. The molecule has 0 saturated carbocycles. The Bertz CT molecular complexity index is 453. The fourth-order valence-corrected chi connectivity index (χ4v) is 1.32. The molecule has 3 heteroatoms. The van der Waals surface area contributed by atoms with Gasteiger partial charge in [-0.2, -0.15) is 0 Å². The fourth-order valence-electron chi connectivity index (χ4n) is 1.32. The molecule has 3 nitrogen and oxygen atoms in total. The Morgan fingerprint density at radius 3 is 2.62 bits per heavy atom. The monoisotopic (exact) mass is 218 g/mol. The maximum atomic E-state index is 11.3. The second-order valence-electron chi connectivity index (χ2n) is 3.77. The standard InChI is InChI=1S/C13H14O3/c1-5-11(14)10-6-9(4)13(7-12(10)15)16-8(2)3/h1,6-8,15H,2-4H3. The van der Waals surface area contributed by atoms with Crippen LogP contribution in [0.1, 0.15) is 29.8 Å². The maximum absolute atomic E-state index is 11.3. The van der Waals surface area contributed by atoms with Gasteiger partial charge in [-0.3, -0.25) is 4.79 Å². The molecule has 1 rings (SSSR count). The number of rotatable bonds is 3. The van der Waals surface area contributed by atoms with Crippen molar-refractivity contribution in [1.82, 2.24) is 0 Å². The second kappa shape index (κ2) is 4.71. The van der Waals surface area contributed by atoms with E-state index in [4.69, 9.17) is 11.2 Å². The van der Waals surface area contributed by atoms with Gasteiger partial charge in [-0.25, -0.2) is 0 Å². The van der Waals surface area contributed by atoms with E-state index in [0.717, 1.165) is 5.56 Å². The zero-order valence-electron chi connectivity index (χ0n) is 9.57. The number of carbonyl (C=O) groups is 1. The Morgan fingerprint density at radius 2 is 2.12 bits per heavy atom. The molecule has 16 heavy (non-hydrogen) atoms. The molecule has 1 aromatic carbocycles. The van der Waals surface area contributed by atoms with Gasteiger partial charge in [-0.15, -0.1) is 6.42 Å². The Hall–Kier alpha value is -1.95. The minimum Gasteiger partial charge on any atom is -0.507 e. The third-order valence-electron chi connectivity index (χ3n) is 2.03. The number of ketones is 1. The SMILES string of the molecule is C#CC(=O)c1cc(C)c(OC(C)C)cc1O. The van der Waals surface area contributed by atoms with E-state index in [1.807, 2.05) is 19.8 Å². The van der Waals surface area contributed by atoms with Crippen LogP contribution in [0.4, 0.5) is 0 Å². The van der Waals surface area contributed by atoms with Crippen LogP contribution >= 0.6 is 0 Å². The molecule has 0 bridgehead atoms. The van der Waals surface area contributed by atoms with Crippen LogP contribution in [0, 0.1) is 19.3 Å². The zero-order valence-corrected chi connectivity index (χ0v) is 9.57. The first-order valence-corrected chi connectivity index (χ1v) is 4.97. The van der Waals surface area contributed by atoms with Gasteiger partial charge >= 0.3 is 0 Å². The van der Waals surface area contributed by atoms with Crippen molar-refractivity contribution in [2.24, 2.45) is 0 Å². The van der Waals surface area contributed by atoms with Crippen LogP contribution in [0.15, 0.2) is 12.1 Å². The molecule has 0 aliphatic carbocycles. The number of phenols is 1. The molecular weight excluding hydrogens is 204 g/mol. The number of terminal acetylenes is 1. The highest BCUT2D eigenvalue weighted by Crippen LogP contribution is 2.28. The largest absolute Gasteiger partial charge is 0.507 e. The lowest BCUT2D eigenvalue weighted by molar-refractivity contribution is 0.105. The number of phenolic OH excluding ortho intramolecular Hbond substituents is 1. The normalized spacial score (nSPS) is 9.94. The first-order valence-electron chi connectivity index (χ1n) is 4.97. The molecule has 1 N–H and O–H groups in total. The zero-order chi connectivity index (χ0) is 12.3. The van der Waals surface area contributed by atoms with Crippen LogP contribution in [-0.4, -0.2) is 17.0 Å². The molecular formula is C13H14O3. The Balaban J connectivity index is 3.18. The average Bonchev–Trinajstić information content (AvgIpc) is 2.21. The van der Waals surface area contributed by atoms with Gasteiger partial charge in [0.25, 0.3) is 0 Å². The number of carbonyl (C=O) groups excluding carboxylic acids is 1. The van der Waals surface area contributed by atoms with Gasteiger partial charge in [-0.05, 0) is 38.3 Å². The van der Waals surface area contributed by atoms with Gasteiger partial charge in [-0.1, -0.05) is 0 Å². The first kappa shape index (κ1) is 12.1. The van der Waals surface area contributed by atoms with Gasteiger partial charge < -0.3 is 9.84 Å². The number of aryl methyl sites for hydroxylation is 1. The molecule has 0 radical (unpaired) electrons. The Kier molecular flexibility index (Phi) is 3.57. The number of ether oxygens (including phenoxy) is 1. The third kappa shape index (κ3) is 2.54. The van der Waals surface area contributed by atoms with Gasteiger partial charge in [0, 0.05) is 6.07 Å². The lowest BCUT2D eigenvalue weighted by Gasteiger charge is -2.13. The van der Waals surface area contributed by atoms with Crippen molar-refractivity contribution in [2.75, 3.05) is 0 Å². The molecule has 0 aliphatic heterocycles. The molecule has 0 aliphatic rings. The van der Waals surface area contributed by atoms with Gasteiger partial charge in [0.05, 0.1) is 11.7 Å². The highest BCUT2D eigenvalue weighted by molar-refractivity contribution is 6.10. The molecule has 84 valence electrons. The van der Waals surface area contributed by atoms with Gasteiger partial charge in [0.15, 0.2) is 0 Å². The van der Waals surface area contributed by atoms with E-state index in [2.05, 4.69) is 0 Å². The number of benzene rings is 1. The first-order chi connectivity index (χ1) is 7.45. The summed E-state index contributed by atoms with van der Waals surface area (Å²) in [6, 6.07) is 2.95. The summed E-state index contributed by atoms with van der Waals surface area (Å²) < 4.78 is 5.47. The van der Waals surface area contributed by atoms with Crippen LogP contribution in [0.3, 0.4) is 0 Å². The molecule has 0 amide bonds. The molecule has 0 aromatic heterocycles. The van der Waals surface area contributed by atoms with E-state index < -0.39 is 5.78 Å². The molecule has 0 heterocycles. The van der Waals surface area contributed by atoms with E-state index in [1.165, 1.54) is 12.1 Å². The number of aromatic hydroxyl groups is 1. The number of hydrogen-bond acceptors (Lipinski definition) is 3. The predicted octanol–water partition coefficient (Wildman–Crippen LogP) is 2.30. The highest BCUT2D eigenvalue weighted by atomic mass is 16.5. The molecule has 1 aromatic rings. The second-order valence-corrected chi connectivity index (χ2v) is 3.77. The van der Waals surface area contributed by atoms with E-state index in [1.54, 1.807) is 6.92 Å². The van der Waals surface area contributed by atoms with Crippen molar-refractivity contribution < 1.29 is 14.6 Å². The molecule has 0 unspecified atom stereocenters. The summed E-state index contributed by atoms with van der Waals surface area (Å²) in [6.45, 7) is 5.57. The van der Waals surface area contributed by atoms with Crippen molar-refractivity contribution in [3.05, 3.63) is 23.3 Å². The van der Waals surface area contributed by atoms with E-state index in [-0.39, 0.29) is 17.4 Å². The maximum Gasteiger partial charge on any atom is 0.239 e. The summed E-state index contributed by atoms with van der Waals surface area (Å²) in [5, 5.41) is 9.63. The summed E-state index contributed by atoms with van der Waals surface area (Å²) in [5.41, 5.74) is 0.904. The molecule has 0 saturated heterocycles. The topological polar surface area (TPSA) is 46.5 Å². The average molecular weight is 218 g/mol. The van der Waals surface area contributed by atoms with Gasteiger partial charge in [0.2, 0.25) is 5.78 Å². The quantitative estimate of drug-likeness (QED) is 0.481. The van der Waals surface area contributed by atoms with Crippen LogP contribution < -0.4 is 4.74 Å². The van der Waals surface area contributed by atoms with E-state index >= 15 is 0 Å². The van der Waals surface area contributed by atoms with Crippen LogP contribution in [0.5, 0.6) is 11.5 Å². The van der Waals surface area contributed by atoms with Gasteiger partial charge in [0.1, 0.15) is 11.5 Å². The molecule has 0 fully saturated rings. The minimum absolute atomic E-state index is 0.00675. The predicted molar refractivity (Wildman–Crippen MR) is 61.8 cm³/mol. The van der Waals surface area contributed by atoms with Crippen molar-refractivity contribution >= 4 is 5.78 Å². The van der Waals surface area contributed by atoms with Crippen LogP contribution in [-0.2, 0) is 0 Å². The lowest BCUT2D eigenvalue weighted by Crippen LogP contribution is -2.07. The Morgan fingerprint density at radius 1 is 1.50 bits per heavy atom. The summed E-state index contributed by atoms with van der Waals surface area (Å²) in [5.74, 6) is 1.85. The fraction of sp³-hybridized carbons (Fsp3) is 0.308. The minimum atomic E-state index is -0.531.